The van der Waals surface area contributed by atoms with Crippen LogP contribution in [-0.4, -0.2) is 43.2 Å². The molecule has 1 aromatic heterocycles. The second kappa shape index (κ2) is 9.78. The van der Waals surface area contributed by atoms with Crippen LogP contribution < -0.4 is 16.1 Å². The number of hydrogen-bond acceptors (Lipinski definition) is 6. The topological polar surface area (TPSA) is 118 Å². The van der Waals surface area contributed by atoms with Crippen LogP contribution in [0.15, 0.2) is 45.6 Å². The first-order valence-corrected chi connectivity index (χ1v) is 10.3. The number of hydrogen-bond donors (Lipinski definition) is 3. The van der Waals surface area contributed by atoms with Crippen molar-refractivity contribution in [1.29, 1.82) is 0 Å². The van der Waals surface area contributed by atoms with Crippen LogP contribution in [0.5, 0.6) is 5.75 Å². The minimum absolute atomic E-state index is 0.0431. The van der Waals surface area contributed by atoms with E-state index in [9.17, 15) is 19.5 Å². The summed E-state index contributed by atoms with van der Waals surface area (Å²) in [6.45, 7) is 2.36. The number of nitrogens with one attached hydrogen (secondary N) is 2. The molecule has 0 bridgehead atoms. The molecular weight excluding hydrogens is 400 g/mol. The Morgan fingerprint density at radius 2 is 1.87 bits per heavy atom. The van der Waals surface area contributed by atoms with E-state index in [1.165, 1.54) is 13.1 Å². The summed E-state index contributed by atoms with van der Waals surface area (Å²) >= 11 is 0. The van der Waals surface area contributed by atoms with E-state index < -0.39 is 22.6 Å². The second-order valence-corrected chi connectivity index (χ2v) is 7.89. The monoisotopic (exact) mass is 428 g/mol. The summed E-state index contributed by atoms with van der Waals surface area (Å²) in [5, 5.41) is 15.8. The Balaban J connectivity index is 1.85. The standard InChI is InChI=1S/C23H28N2O6/c1-15-12-18(26)20(28)21(31-15)23(8-10-30-11-9-23)14-19(27)25-17(22(29)24-2)13-16-6-4-3-5-7-16/h3-7,12,17,28H,8-11,13-14H2,1-2H3,(H,24,29)(H,25,27)/t17-/m0/s1. The number of likely N-dealkylation sites (N-methyl/N-ethyl adjacent to an activating group) is 1. The number of amides is 2. The molecule has 0 unspecified atom stereocenters. The lowest BCUT2D eigenvalue weighted by atomic mass is 9.74. The first-order chi connectivity index (χ1) is 14.8. The zero-order valence-corrected chi connectivity index (χ0v) is 17.8. The third-order valence-electron chi connectivity index (χ3n) is 5.66. The highest BCUT2D eigenvalue weighted by atomic mass is 16.5. The second-order valence-electron chi connectivity index (χ2n) is 7.89. The average molecular weight is 428 g/mol. The highest BCUT2D eigenvalue weighted by molar-refractivity contribution is 5.88. The van der Waals surface area contributed by atoms with Gasteiger partial charge in [-0.2, -0.15) is 0 Å². The Kier molecular flexibility index (Phi) is 7.12. The molecule has 8 nitrogen and oxygen atoms in total. The van der Waals surface area contributed by atoms with Gasteiger partial charge in [0.2, 0.25) is 23.0 Å². The molecule has 1 fully saturated rings. The summed E-state index contributed by atoms with van der Waals surface area (Å²) in [4.78, 5) is 37.6. The predicted molar refractivity (Wildman–Crippen MR) is 114 cm³/mol. The van der Waals surface area contributed by atoms with Crippen molar-refractivity contribution in [2.45, 2.75) is 44.1 Å². The summed E-state index contributed by atoms with van der Waals surface area (Å²) in [5.74, 6) is -0.683. The fourth-order valence-corrected chi connectivity index (χ4v) is 4.00. The lowest BCUT2D eigenvalue weighted by molar-refractivity contribution is -0.130. The van der Waals surface area contributed by atoms with E-state index >= 15 is 0 Å². The third kappa shape index (κ3) is 5.32. The van der Waals surface area contributed by atoms with E-state index in [0.29, 0.717) is 38.2 Å². The molecule has 3 N–H and O–H groups in total. The van der Waals surface area contributed by atoms with E-state index in [4.69, 9.17) is 9.15 Å². The smallest absolute Gasteiger partial charge is 0.242 e. The number of benzene rings is 1. The van der Waals surface area contributed by atoms with E-state index in [-0.39, 0.29) is 24.0 Å². The van der Waals surface area contributed by atoms with Crippen molar-refractivity contribution < 1.29 is 23.8 Å². The summed E-state index contributed by atoms with van der Waals surface area (Å²) in [6.07, 6.45) is 1.11. The average Bonchev–Trinajstić information content (AvgIpc) is 2.76. The molecule has 0 spiro atoms. The lowest BCUT2D eigenvalue weighted by Gasteiger charge is -2.36. The lowest BCUT2D eigenvalue weighted by Crippen LogP contribution is -2.49. The molecule has 1 aromatic carbocycles. The maximum atomic E-state index is 13.1. The van der Waals surface area contributed by atoms with E-state index in [1.54, 1.807) is 6.92 Å². The SMILES string of the molecule is CNC(=O)[C@H](Cc1ccccc1)NC(=O)CC1(c2oc(C)cc(=O)c2O)CCOCC1. The molecule has 2 heterocycles. The zero-order valence-electron chi connectivity index (χ0n) is 17.8. The van der Waals surface area contributed by atoms with E-state index in [2.05, 4.69) is 10.6 Å². The molecule has 1 aliphatic rings. The molecule has 0 aliphatic carbocycles. The first kappa shape index (κ1) is 22.6. The van der Waals surface area contributed by atoms with Crippen LogP contribution in [-0.2, 0) is 26.2 Å². The van der Waals surface area contributed by atoms with Gasteiger partial charge in [0.1, 0.15) is 11.8 Å². The molecular formula is C23H28N2O6. The van der Waals surface area contributed by atoms with Gasteiger partial charge in [0.15, 0.2) is 5.76 Å². The van der Waals surface area contributed by atoms with Crippen LogP contribution in [0.4, 0.5) is 0 Å². The Hall–Kier alpha value is -3.13. The fourth-order valence-electron chi connectivity index (χ4n) is 4.00. The molecule has 2 aromatic rings. The van der Waals surface area contributed by atoms with Crippen molar-refractivity contribution in [3.05, 3.63) is 63.7 Å². The van der Waals surface area contributed by atoms with Crippen molar-refractivity contribution in [3.8, 4) is 5.75 Å². The van der Waals surface area contributed by atoms with Gasteiger partial charge >= 0.3 is 0 Å². The Morgan fingerprint density at radius 1 is 1.19 bits per heavy atom. The number of rotatable bonds is 7. The summed E-state index contributed by atoms with van der Waals surface area (Å²) in [6, 6.07) is 9.87. The zero-order chi connectivity index (χ0) is 22.4. The van der Waals surface area contributed by atoms with Crippen molar-refractivity contribution in [2.24, 2.45) is 0 Å². The van der Waals surface area contributed by atoms with Gasteiger partial charge in [-0.1, -0.05) is 30.3 Å². The van der Waals surface area contributed by atoms with Gasteiger partial charge in [0, 0.05) is 44.6 Å². The van der Waals surface area contributed by atoms with Gasteiger partial charge in [-0.15, -0.1) is 0 Å². The van der Waals surface area contributed by atoms with Crippen LogP contribution in [0.25, 0.3) is 0 Å². The Morgan fingerprint density at radius 3 is 2.52 bits per heavy atom. The summed E-state index contributed by atoms with van der Waals surface area (Å²) in [5.41, 5.74) is -0.519. The van der Waals surface area contributed by atoms with Crippen LogP contribution in [0.2, 0.25) is 0 Å². The van der Waals surface area contributed by atoms with Gasteiger partial charge in [0.05, 0.1) is 0 Å². The maximum Gasteiger partial charge on any atom is 0.242 e. The molecule has 3 rings (SSSR count). The molecule has 166 valence electrons. The van der Waals surface area contributed by atoms with Crippen LogP contribution in [0.3, 0.4) is 0 Å². The molecule has 8 heteroatoms. The summed E-state index contributed by atoms with van der Waals surface area (Å²) in [7, 11) is 1.52. The number of carbonyl (C=O) groups is 2. The molecule has 1 aliphatic heterocycles. The fraction of sp³-hybridized carbons (Fsp3) is 0.435. The van der Waals surface area contributed by atoms with Crippen LogP contribution in [0, 0.1) is 6.92 Å². The third-order valence-corrected chi connectivity index (χ3v) is 5.66. The number of aryl methyl sites for hydroxylation is 1. The maximum absolute atomic E-state index is 13.1. The normalized spacial score (nSPS) is 16.3. The molecule has 2 amide bonds. The van der Waals surface area contributed by atoms with Gasteiger partial charge in [-0.3, -0.25) is 14.4 Å². The molecule has 0 radical (unpaired) electrons. The highest BCUT2D eigenvalue weighted by Crippen LogP contribution is 2.41. The van der Waals surface area contributed by atoms with E-state index in [0.717, 1.165) is 5.56 Å². The minimum atomic E-state index is -0.891. The minimum Gasteiger partial charge on any atom is -0.502 e. The van der Waals surface area contributed by atoms with Gasteiger partial charge < -0.3 is 24.9 Å². The Bertz CT molecular complexity index is 979. The van der Waals surface area contributed by atoms with Gasteiger partial charge in [-0.25, -0.2) is 0 Å². The highest BCUT2D eigenvalue weighted by Gasteiger charge is 2.42. The van der Waals surface area contributed by atoms with Crippen molar-refractivity contribution in [2.75, 3.05) is 20.3 Å². The van der Waals surface area contributed by atoms with Crippen LogP contribution >= 0.6 is 0 Å². The molecule has 31 heavy (non-hydrogen) atoms. The number of aromatic hydroxyl groups is 1. The number of carbonyl (C=O) groups excluding carboxylic acids is 2. The predicted octanol–water partition coefficient (Wildman–Crippen LogP) is 1.57. The van der Waals surface area contributed by atoms with E-state index in [1.807, 2.05) is 30.3 Å². The van der Waals surface area contributed by atoms with Crippen molar-refractivity contribution >= 4 is 11.8 Å². The number of ether oxygens (including phenoxy) is 1. The molecule has 0 saturated carbocycles. The van der Waals surface area contributed by atoms with Crippen molar-refractivity contribution in [3.63, 3.8) is 0 Å². The first-order valence-electron chi connectivity index (χ1n) is 10.3. The van der Waals surface area contributed by atoms with Gasteiger partial charge in [0.25, 0.3) is 0 Å². The van der Waals surface area contributed by atoms with Crippen molar-refractivity contribution in [1.82, 2.24) is 10.6 Å². The van der Waals surface area contributed by atoms with Gasteiger partial charge in [-0.05, 0) is 25.3 Å². The molecule has 1 atom stereocenters. The summed E-state index contributed by atoms with van der Waals surface area (Å²) < 4.78 is 11.2. The molecule has 1 saturated heterocycles. The quantitative estimate of drug-likeness (QED) is 0.616. The van der Waals surface area contributed by atoms with Crippen LogP contribution in [0.1, 0.15) is 36.3 Å². The largest absolute Gasteiger partial charge is 0.502 e. The Labute approximate surface area is 180 Å².